The molecule has 0 aliphatic heterocycles. The zero-order valence-electron chi connectivity index (χ0n) is 13.9. The Hall–Kier alpha value is -2.50. The number of phenolic OH excluding ortho intramolecular Hbond substituents is 2. The maximum Gasteiger partial charge on any atom is 2.00 e. The molecule has 7 heteroatoms. The predicted molar refractivity (Wildman–Crippen MR) is 88.1 cm³/mol. The van der Waals surface area contributed by atoms with Gasteiger partial charge in [0.25, 0.3) is 0 Å². The second kappa shape index (κ2) is 11.9. The Morgan fingerprint density at radius 1 is 0.840 bits per heavy atom. The molecule has 1 radical (unpaired) electrons. The van der Waals surface area contributed by atoms with Gasteiger partial charge >= 0.3 is 29.0 Å². The van der Waals surface area contributed by atoms with Gasteiger partial charge in [0.05, 0.1) is 24.8 Å². The number of carbonyl (C=O) groups is 2. The van der Waals surface area contributed by atoms with Gasteiger partial charge in [0.15, 0.2) is 0 Å². The fraction of sp³-hybridized carbons (Fsp3) is 0.222. The largest absolute Gasteiger partial charge is 2.00 e. The number of rotatable bonds is 4. The molecule has 0 heterocycles. The molecule has 0 bridgehead atoms. The number of hydrogen-bond acceptors (Lipinski definition) is 6. The van der Waals surface area contributed by atoms with Crippen molar-refractivity contribution in [2.45, 2.75) is 13.3 Å². The number of benzene rings is 2. The number of aromatic hydroxyl groups is 2. The van der Waals surface area contributed by atoms with Crippen LogP contribution in [-0.2, 0) is 26.5 Å². The van der Waals surface area contributed by atoms with Crippen LogP contribution in [-0.4, -0.2) is 35.9 Å². The minimum absolute atomic E-state index is 0. The number of esters is 2. The Bertz CT molecular complexity index is 652. The molecular weight excluding hydrogens is 376 g/mol. The molecule has 2 aromatic rings. The molecule has 2 aromatic carbocycles. The third-order valence-corrected chi connectivity index (χ3v) is 2.83. The molecule has 2 rings (SSSR count). The summed E-state index contributed by atoms with van der Waals surface area (Å²) in [5.74, 6) is -0.462. The van der Waals surface area contributed by atoms with Crippen molar-refractivity contribution < 1.29 is 46.3 Å². The Kier molecular flexibility index (Phi) is 10.8. The first kappa shape index (κ1) is 22.5. The van der Waals surface area contributed by atoms with Gasteiger partial charge in [0.1, 0.15) is 11.5 Å². The molecule has 0 amide bonds. The number of methoxy groups -OCH3 is 1. The van der Waals surface area contributed by atoms with Crippen molar-refractivity contribution in [3.63, 3.8) is 0 Å². The average Bonchev–Trinajstić information content (AvgIpc) is 2.61. The summed E-state index contributed by atoms with van der Waals surface area (Å²) in [7, 11) is 1.31. The van der Waals surface area contributed by atoms with E-state index >= 15 is 0 Å². The normalized spacial score (nSPS) is 9.04. The van der Waals surface area contributed by atoms with E-state index in [1.54, 1.807) is 0 Å². The van der Waals surface area contributed by atoms with Gasteiger partial charge in [-0.3, -0.25) is 0 Å². The third-order valence-electron chi connectivity index (χ3n) is 2.83. The topological polar surface area (TPSA) is 93.1 Å². The standard InChI is InChI=1S/C10H12O3.C8H8O3.Cu/c1-2-7-13-10(12)8-3-5-9(11)6-4-8;1-11-8(10)6-2-4-7(9)5-3-6;/h3-6,11H,2,7H2,1H3;2-5,9H,1H3;/q;;+2. The number of phenols is 2. The number of hydrogen-bond donors (Lipinski definition) is 2. The van der Waals surface area contributed by atoms with E-state index in [-0.39, 0.29) is 34.5 Å². The van der Waals surface area contributed by atoms with Gasteiger partial charge < -0.3 is 19.7 Å². The van der Waals surface area contributed by atoms with Crippen molar-refractivity contribution >= 4 is 11.9 Å². The number of carbonyl (C=O) groups excluding carboxylic acids is 2. The zero-order chi connectivity index (χ0) is 17.9. The van der Waals surface area contributed by atoms with E-state index in [2.05, 4.69) is 4.74 Å². The van der Waals surface area contributed by atoms with Gasteiger partial charge in [-0.1, -0.05) is 6.92 Å². The van der Waals surface area contributed by atoms with Gasteiger partial charge in [-0.25, -0.2) is 9.59 Å². The maximum atomic E-state index is 11.2. The van der Waals surface area contributed by atoms with E-state index in [9.17, 15) is 9.59 Å². The quantitative estimate of drug-likeness (QED) is 0.610. The molecule has 0 atom stereocenters. The predicted octanol–water partition coefficient (Wildman–Crippen LogP) is 3.14. The molecule has 137 valence electrons. The Morgan fingerprint density at radius 2 is 1.24 bits per heavy atom. The first-order chi connectivity index (χ1) is 11.5. The Morgan fingerprint density at radius 3 is 1.60 bits per heavy atom. The molecule has 0 aromatic heterocycles. The van der Waals surface area contributed by atoms with Crippen LogP contribution in [0, 0.1) is 0 Å². The molecule has 0 saturated carbocycles. The van der Waals surface area contributed by atoms with E-state index in [0.29, 0.717) is 17.7 Å². The van der Waals surface area contributed by atoms with E-state index in [4.69, 9.17) is 14.9 Å². The second-order valence-electron chi connectivity index (χ2n) is 4.72. The van der Waals surface area contributed by atoms with Gasteiger partial charge in [-0.2, -0.15) is 0 Å². The summed E-state index contributed by atoms with van der Waals surface area (Å²) in [6, 6.07) is 11.9. The van der Waals surface area contributed by atoms with Crippen LogP contribution in [0.25, 0.3) is 0 Å². The van der Waals surface area contributed by atoms with Gasteiger partial charge in [0, 0.05) is 0 Å². The first-order valence-electron chi connectivity index (χ1n) is 7.31. The van der Waals surface area contributed by atoms with E-state index in [0.717, 1.165) is 6.42 Å². The van der Waals surface area contributed by atoms with Crippen molar-refractivity contribution in [3.05, 3.63) is 59.7 Å². The van der Waals surface area contributed by atoms with E-state index < -0.39 is 5.97 Å². The molecule has 0 saturated heterocycles. The van der Waals surface area contributed by atoms with E-state index in [1.807, 2.05) is 6.92 Å². The smallest absolute Gasteiger partial charge is 0.508 e. The minimum Gasteiger partial charge on any atom is -0.508 e. The maximum absolute atomic E-state index is 11.2. The molecule has 0 spiro atoms. The molecule has 6 nitrogen and oxygen atoms in total. The monoisotopic (exact) mass is 395 g/mol. The van der Waals surface area contributed by atoms with Crippen molar-refractivity contribution in [3.8, 4) is 11.5 Å². The fourth-order valence-electron chi connectivity index (χ4n) is 1.59. The second-order valence-corrected chi connectivity index (χ2v) is 4.72. The summed E-state index contributed by atoms with van der Waals surface area (Å²) >= 11 is 0. The van der Waals surface area contributed by atoms with Gasteiger partial charge in [-0.15, -0.1) is 0 Å². The van der Waals surface area contributed by atoms with Crippen molar-refractivity contribution in [1.29, 1.82) is 0 Å². The molecule has 25 heavy (non-hydrogen) atoms. The Labute approximate surface area is 156 Å². The summed E-state index contributed by atoms with van der Waals surface area (Å²) in [4.78, 5) is 22.0. The summed E-state index contributed by atoms with van der Waals surface area (Å²) in [5, 5.41) is 17.8. The molecule has 0 aliphatic rings. The van der Waals surface area contributed by atoms with Gasteiger partial charge in [-0.05, 0) is 55.0 Å². The molecule has 2 N–H and O–H groups in total. The van der Waals surface area contributed by atoms with Crippen LogP contribution in [0.4, 0.5) is 0 Å². The molecule has 0 fully saturated rings. The van der Waals surface area contributed by atoms with E-state index in [1.165, 1.54) is 55.6 Å². The molecule has 0 unspecified atom stereocenters. The van der Waals surface area contributed by atoms with Crippen LogP contribution in [0.3, 0.4) is 0 Å². The van der Waals surface area contributed by atoms with Crippen LogP contribution in [0.5, 0.6) is 11.5 Å². The summed E-state index contributed by atoms with van der Waals surface area (Å²) < 4.78 is 9.35. The summed E-state index contributed by atoms with van der Waals surface area (Å²) in [5.41, 5.74) is 0.900. The summed E-state index contributed by atoms with van der Waals surface area (Å²) in [6.45, 7) is 2.36. The molecule has 0 aliphatic carbocycles. The van der Waals surface area contributed by atoms with Crippen LogP contribution in [0.15, 0.2) is 48.5 Å². The van der Waals surface area contributed by atoms with Crippen LogP contribution >= 0.6 is 0 Å². The van der Waals surface area contributed by atoms with Gasteiger partial charge in [0.2, 0.25) is 0 Å². The zero-order valence-corrected chi connectivity index (χ0v) is 14.8. The van der Waals surface area contributed by atoms with Crippen molar-refractivity contribution in [1.82, 2.24) is 0 Å². The van der Waals surface area contributed by atoms with Crippen LogP contribution in [0.2, 0.25) is 0 Å². The SMILES string of the molecule is CCCOC(=O)c1ccc(O)cc1.COC(=O)c1ccc(O)cc1.[Cu+2]. The third kappa shape index (κ3) is 8.24. The van der Waals surface area contributed by atoms with Crippen LogP contribution in [0.1, 0.15) is 34.1 Å². The van der Waals surface area contributed by atoms with Crippen molar-refractivity contribution in [2.24, 2.45) is 0 Å². The first-order valence-corrected chi connectivity index (χ1v) is 7.31. The minimum atomic E-state index is -0.398. The Balaban J connectivity index is 0.000000449. The molecular formula is C18H20CuO6+2. The summed E-state index contributed by atoms with van der Waals surface area (Å²) in [6.07, 6.45) is 0.809. The average molecular weight is 396 g/mol. The van der Waals surface area contributed by atoms with Crippen LogP contribution < -0.4 is 0 Å². The van der Waals surface area contributed by atoms with Crippen molar-refractivity contribution in [2.75, 3.05) is 13.7 Å². The number of ether oxygens (including phenoxy) is 2. The fourth-order valence-corrected chi connectivity index (χ4v) is 1.59.